The predicted octanol–water partition coefficient (Wildman–Crippen LogP) is 3.70. The van der Waals surface area contributed by atoms with E-state index in [1.807, 2.05) is 6.29 Å². The summed E-state index contributed by atoms with van der Waals surface area (Å²) >= 11 is 0. The summed E-state index contributed by atoms with van der Waals surface area (Å²) in [6, 6.07) is 10.0. The lowest BCUT2D eigenvalue weighted by molar-refractivity contribution is 0.0962. The molecule has 0 aliphatic rings. The van der Waals surface area contributed by atoms with Crippen LogP contribution in [0.4, 0.5) is 4.39 Å². The number of aromatic hydroxyl groups is 1. The van der Waals surface area contributed by atoms with Crippen LogP contribution in [0.5, 0.6) is 5.75 Å². The van der Waals surface area contributed by atoms with E-state index in [1.165, 1.54) is 41.0 Å². The molecule has 0 saturated carbocycles. The average molecular weight is 324 g/mol. The SMILES string of the molecule is Cc1c([C@@H](C)[C]=O)c2cc(O)ccc2n1C(=O)c1cccc(F)c1. The molecule has 1 atom stereocenters. The number of nitrogens with zero attached hydrogens (tertiary/aromatic N) is 1. The molecule has 0 aliphatic heterocycles. The van der Waals surface area contributed by atoms with Crippen molar-refractivity contribution in [1.82, 2.24) is 4.57 Å². The number of phenols is 1. The van der Waals surface area contributed by atoms with Gasteiger partial charge >= 0.3 is 0 Å². The van der Waals surface area contributed by atoms with Crippen molar-refractivity contribution < 1.29 is 19.1 Å². The monoisotopic (exact) mass is 324 g/mol. The summed E-state index contributed by atoms with van der Waals surface area (Å²) in [6.07, 6.45) is 1.92. The van der Waals surface area contributed by atoms with Gasteiger partial charge in [-0.2, -0.15) is 0 Å². The van der Waals surface area contributed by atoms with E-state index in [4.69, 9.17) is 0 Å². The lowest BCUT2D eigenvalue weighted by atomic mass is 9.99. The van der Waals surface area contributed by atoms with Gasteiger partial charge in [0.2, 0.25) is 6.29 Å². The van der Waals surface area contributed by atoms with Crippen molar-refractivity contribution in [2.24, 2.45) is 0 Å². The van der Waals surface area contributed by atoms with Gasteiger partial charge in [-0.05, 0) is 48.9 Å². The third-order valence-corrected chi connectivity index (χ3v) is 4.12. The topological polar surface area (TPSA) is 59.3 Å². The van der Waals surface area contributed by atoms with Crippen LogP contribution >= 0.6 is 0 Å². The number of rotatable bonds is 3. The Labute approximate surface area is 138 Å². The van der Waals surface area contributed by atoms with E-state index in [9.17, 15) is 19.1 Å². The molecular weight excluding hydrogens is 309 g/mol. The van der Waals surface area contributed by atoms with Gasteiger partial charge in [0, 0.05) is 16.6 Å². The number of hydrogen-bond donors (Lipinski definition) is 1. The van der Waals surface area contributed by atoms with E-state index in [2.05, 4.69) is 0 Å². The highest BCUT2D eigenvalue weighted by atomic mass is 19.1. The van der Waals surface area contributed by atoms with Gasteiger partial charge < -0.3 is 5.11 Å². The third-order valence-electron chi connectivity index (χ3n) is 4.12. The van der Waals surface area contributed by atoms with Crippen LogP contribution in [-0.2, 0) is 4.79 Å². The molecule has 3 aromatic rings. The van der Waals surface area contributed by atoms with Crippen LogP contribution in [0.2, 0.25) is 0 Å². The first-order chi connectivity index (χ1) is 11.4. The molecule has 5 heteroatoms. The molecule has 4 nitrogen and oxygen atoms in total. The maximum Gasteiger partial charge on any atom is 0.262 e. The normalized spacial score (nSPS) is 12.3. The predicted molar refractivity (Wildman–Crippen MR) is 88.6 cm³/mol. The smallest absolute Gasteiger partial charge is 0.262 e. The quantitative estimate of drug-likeness (QED) is 0.799. The molecule has 0 aliphatic carbocycles. The largest absolute Gasteiger partial charge is 0.508 e. The van der Waals surface area contributed by atoms with E-state index < -0.39 is 17.6 Å². The van der Waals surface area contributed by atoms with Crippen molar-refractivity contribution in [1.29, 1.82) is 0 Å². The van der Waals surface area contributed by atoms with Crippen LogP contribution in [0.1, 0.15) is 34.5 Å². The van der Waals surface area contributed by atoms with E-state index in [-0.39, 0.29) is 11.3 Å². The summed E-state index contributed by atoms with van der Waals surface area (Å²) in [5, 5.41) is 10.4. The molecule has 1 N–H and O–H groups in total. The number of aromatic nitrogens is 1. The highest BCUT2D eigenvalue weighted by Gasteiger charge is 2.23. The van der Waals surface area contributed by atoms with Crippen molar-refractivity contribution in [3.63, 3.8) is 0 Å². The standard InChI is InChI=1S/C19H15FNO3/c1-11(10-22)18-12(2)21(17-7-6-15(23)9-16(17)18)19(24)13-4-3-5-14(20)8-13/h3-9,11,23H,1-2H3/t11-/m0/s1. The summed E-state index contributed by atoms with van der Waals surface area (Å²) in [5.41, 5.74) is 1.95. The lowest BCUT2D eigenvalue weighted by Gasteiger charge is -2.08. The first-order valence-electron chi connectivity index (χ1n) is 7.46. The van der Waals surface area contributed by atoms with Crippen molar-refractivity contribution in [3.05, 3.63) is 65.1 Å². The Kier molecular flexibility index (Phi) is 3.93. The second kappa shape index (κ2) is 5.92. The van der Waals surface area contributed by atoms with Crippen molar-refractivity contribution in [2.45, 2.75) is 19.8 Å². The number of phenolic OH excluding ortho intramolecular Hbond substituents is 1. The van der Waals surface area contributed by atoms with Crippen molar-refractivity contribution in [3.8, 4) is 5.75 Å². The molecule has 1 aromatic heterocycles. The zero-order valence-electron chi connectivity index (χ0n) is 13.2. The first-order valence-corrected chi connectivity index (χ1v) is 7.46. The summed E-state index contributed by atoms with van der Waals surface area (Å²) in [7, 11) is 0. The van der Waals surface area contributed by atoms with E-state index >= 15 is 0 Å². The summed E-state index contributed by atoms with van der Waals surface area (Å²) in [5.74, 6) is -1.41. The number of halogens is 1. The van der Waals surface area contributed by atoms with Crippen molar-refractivity contribution in [2.75, 3.05) is 0 Å². The Hall–Kier alpha value is -2.95. The van der Waals surface area contributed by atoms with Crippen LogP contribution < -0.4 is 0 Å². The minimum absolute atomic E-state index is 0.0391. The Morgan fingerprint density at radius 2 is 2.00 bits per heavy atom. The van der Waals surface area contributed by atoms with Crippen LogP contribution in [0.3, 0.4) is 0 Å². The molecule has 0 unspecified atom stereocenters. The highest BCUT2D eigenvalue weighted by molar-refractivity contribution is 6.05. The number of benzene rings is 2. The van der Waals surface area contributed by atoms with Gasteiger partial charge in [-0.15, -0.1) is 0 Å². The molecule has 0 spiro atoms. The fourth-order valence-electron chi connectivity index (χ4n) is 3.05. The minimum atomic E-state index is -0.559. The zero-order chi connectivity index (χ0) is 17.4. The second-order valence-electron chi connectivity index (χ2n) is 5.69. The van der Waals surface area contributed by atoms with Gasteiger partial charge in [0.1, 0.15) is 11.6 Å². The van der Waals surface area contributed by atoms with Crippen LogP contribution in [0.15, 0.2) is 42.5 Å². The molecular formula is C19H15FNO3. The maximum absolute atomic E-state index is 13.5. The number of carbonyl (C=O) groups is 1. The average Bonchev–Trinajstić information content (AvgIpc) is 2.84. The molecule has 3 rings (SSSR count). The second-order valence-corrected chi connectivity index (χ2v) is 5.69. The van der Waals surface area contributed by atoms with Gasteiger partial charge in [0.25, 0.3) is 5.91 Å². The summed E-state index contributed by atoms with van der Waals surface area (Å²) in [4.78, 5) is 24.0. The number of fused-ring (bicyclic) bond motifs is 1. The third kappa shape index (κ3) is 2.48. The number of carbonyl (C=O) groups excluding carboxylic acids is 2. The molecule has 1 radical (unpaired) electrons. The van der Waals surface area contributed by atoms with E-state index in [0.29, 0.717) is 22.2 Å². The van der Waals surface area contributed by atoms with Gasteiger partial charge in [-0.3, -0.25) is 14.2 Å². The lowest BCUT2D eigenvalue weighted by Crippen LogP contribution is -2.14. The molecule has 2 aromatic carbocycles. The summed E-state index contributed by atoms with van der Waals surface area (Å²) in [6.45, 7) is 3.40. The fourth-order valence-corrected chi connectivity index (χ4v) is 3.05. The molecule has 0 saturated heterocycles. The summed E-state index contributed by atoms with van der Waals surface area (Å²) < 4.78 is 14.9. The molecule has 0 amide bonds. The van der Waals surface area contributed by atoms with Crippen LogP contribution in [0.25, 0.3) is 10.9 Å². The Balaban J connectivity index is 2.30. The highest BCUT2D eigenvalue weighted by Crippen LogP contribution is 2.33. The van der Waals surface area contributed by atoms with E-state index in [1.54, 1.807) is 19.9 Å². The van der Waals surface area contributed by atoms with Gasteiger partial charge in [-0.1, -0.05) is 13.0 Å². The van der Waals surface area contributed by atoms with Crippen molar-refractivity contribution >= 4 is 23.1 Å². The van der Waals surface area contributed by atoms with Crippen LogP contribution in [-0.4, -0.2) is 21.9 Å². The molecule has 121 valence electrons. The number of hydrogen-bond acceptors (Lipinski definition) is 3. The first kappa shape index (κ1) is 15.9. The molecule has 1 heterocycles. The van der Waals surface area contributed by atoms with E-state index in [0.717, 1.165) is 0 Å². The van der Waals surface area contributed by atoms with Crippen LogP contribution in [0, 0.1) is 12.7 Å². The minimum Gasteiger partial charge on any atom is -0.508 e. The van der Waals surface area contributed by atoms with Gasteiger partial charge in [-0.25, -0.2) is 4.39 Å². The Morgan fingerprint density at radius 1 is 1.25 bits per heavy atom. The zero-order valence-corrected chi connectivity index (χ0v) is 13.2. The maximum atomic E-state index is 13.5. The molecule has 0 bridgehead atoms. The molecule has 24 heavy (non-hydrogen) atoms. The fraction of sp³-hybridized carbons (Fsp3) is 0.158. The molecule has 0 fully saturated rings. The Bertz CT molecular complexity index is 959. The van der Waals surface area contributed by atoms with Gasteiger partial charge in [0.05, 0.1) is 11.4 Å². The van der Waals surface area contributed by atoms with Gasteiger partial charge in [0.15, 0.2) is 0 Å². The Morgan fingerprint density at radius 3 is 2.67 bits per heavy atom.